The van der Waals surface area contributed by atoms with E-state index in [2.05, 4.69) is 22.1 Å². The van der Waals surface area contributed by atoms with Crippen molar-refractivity contribution >= 4 is 11.8 Å². The van der Waals surface area contributed by atoms with E-state index >= 15 is 0 Å². The molecular weight excluding hydrogens is 342 g/mol. The molecule has 0 bridgehead atoms. The summed E-state index contributed by atoms with van der Waals surface area (Å²) in [5.41, 5.74) is 0.731. The Hall–Kier alpha value is -1.93. The van der Waals surface area contributed by atoms with Crippen LogP contribution in [-0.2, 0) is 0 Å². The monoisotopic (exact) mass is 365 g/mol. The van der Waals surface area contributed by atoms with Gasteiger partial charge in [-0.3, -0.25) is 0 Å². The Balaban J connectivity index is 1.75. The summed E-state index contributed by atoms with van der Waals surface area (Å²) in [6, 6.07) is 3.60. The molecule has 1 saturated heterocycles. The summed E-state index contributed by atoms with van der Waals surface area (Å²) in [7, 11) is 6.88. The molecule has 0 spiro atoms. The fourth-order valence-electron chi connectivity index (χ4n) is 2.94. The first-order valence-electron chi connectivity index (χ1n) is 8.09. The number of ether oxygens (including phenoxy) is 3. The van der Waals surface area contributed by atoms with Gasteiger partial charge in [-0.1, -0.05) is 11.8 Å². The summed E-state index contributed by atoms with van der Waals surface area (Å²) in [6.07, 6.45) is 1.22. The average Bonchev–Trinajstić information content (AvgIpc) is 3.27. The molecule has 1 unspecified atom stereocenters. The van der Waals surface area contributed by atoms with Gasteiger partial charge in [0.25, 0.3) is 5.22 Å². The second kappa shape index (κ2) is 7.97. The Kier molecular flexibility index (Phi) is 5.70. The van der Waals surface area contributed by atoms with Gasteiger partial charge in [0.2, 0.25) is 11.6 Å². The van der Waals surface area contributed by atoms with E-state index in [1.54, 1.807) is 45.2 Å². The molecule has 25 heavy (non-hydrogen) atoms. The third kappa shape index (κ3) is 4.01. The minimum absolute atomic E-state index is 0.435. The van der Waals surface area contributed by atoms with Crippen LogP contribution in [0.2, 0.25) is 0 Å². The number of thioether (sulfide) groups is 1. The molecule has 1 fully saturated rings. The molecule has 1 atom stereocenters. The van der Waals surface area contributed by atoms with Crippen LogP contribution in [0.3, 0.4) is 0 Å². The van der Waals surface area contributed by atoms with Gasteiger partial charge in [0, 0.05) is 17.9 Å². The maximum absolute atomic E-state index is 5.80. The molecule has 0 aliphatic carbocycles. The molecule has 1 aromatic heterocycles. The van der Waals surface area contributed by atoms with Crippen molar-refractivity contribution in [3.63, 3.8) is 0 Å². The zero-order valence-electron chi connectivity index (χ0n) is 14.9. The number of nitrogens with zero attached hydrogens (tertiary/aromatic N) is 3. The highest BCUT2D eigenvalue weighted by atomic mass is 32.2. The van der Waals surface area contributed by atoms with Crippen LogP contribution in [0, 0.1) is 5.92 Å². The SMILES string of the molecule is COc1cc(-c2nnc(SCC3CCN(C)C3)o2)cc(OC)c1OC. The summed E-state index contributed by atoms with van der Waals surface area (Å²) in [6.45, 7) is 2.28. The van der Waals surface area contributed by atoms with Crippen LogP contribution in [-0.4, -0.2) is 62.3 Å². The largest absolute Gasteiger partial charge is 0.493 e. The quantitative estimate of drug-likeness (QED) is 0.694. The van der Waals surface area contributed by atoms with Crippen molar-refractivity contribution in [1.29, 1.82) is 0 Å². The van der Waals surface area contributed by atoms with Gasteiger partial charge in [0.15, 0.2) is 11.5 Å². The van der Waals surface area contributed by atoms with Crippen molar-refractivity contribution in [1.82, 2.24) is 15.1 Å². The molecule has 2 heterocycles. The molecular formula is C17H23N3O4S. The van der Waals surface area contributed by atoms with Gasteiger partial charge in [-0.15, -0.1) is 10.2 Å². The van der Waals surface area contributed by atoms with Gasteiger partial charge in [0.05, 0.1) is 21.3 Å². The number of likely N-dealkylation sites (tertiary alicyclic amines) is 1. The molecule has 1 aliphatic rings. The molecule has 0 saturated carbocycles. The van der Waals surface area contributed by atoms with Crippen molar-refractivity contribution in [3.8, 4) is 28.7 Å². The molecule has 1 aromatic carbocycles. The summed E-state index contributed by atoms with van der Waals surface area (Å²) in [4.78, 5) is 2.35. The highest BCUT2D eigenvalue weighted by Crippen LogP contribution is 2.41. The molecule has 0 amide bonds. The second-order valence-corrected chi connectivity index (χ2v) is 6.99. The summed E-state index contributed by atoms with van der Waals surface area (Å²) in [5, 5.41) is 8.88. The lowest BCUT2D eigenvalue weighted by atomic mass is 10.2. The van der Waals surface area contributed by atoms with E-state index in [1.807, 2.05) is 0 Å². The molecule has 3 rings (SSSR count). The molecule has 2 aromatic rings. The van der Waals surface area contributed by atoms with Gasteiger partial charge >= 0.3 is 0 Å². The Bertz CT molecular complexity index is 697. The van der Waals surface area contributed by atoms with E-state index in [4.69, 9.17) is 18.6 Å². The van der Waals surface area contributed by atoms with Crippen LogP contribution < -0.4 is 14.2 Å². The van der Waals surface area contributed by atoms with Crippen LogP contribution in [0.4, 0.5) is 0 Å². The lowest BCUT2D eigenvalue weighted by Gasteiger charge is -2.12. The third-order valence-corrected chi connectivity index (χ3v) is 5.30. The number of aromatic nitrogens is 2. The molecule has 8 heteroatoms. The summed E-state index contributed by atoms with van der Waals surface area (Å²) in [5.74, 6) is 3.74. The van der Waals surface area contributed by atoms with Gasteiger partial charge in [0.1, 0.15) is 0 Å². The van der Waals surface area contributed by atoms with E-state index in [9.17, 15) is 0 Å². The van der Waals surface area contributed by atoms with E-state index in [0.29, 0.717) is 34.3 Å². The normalized spacial score (nSPS) is 17.7. The van der Waals surface area contributed by atoms with E-state index in [-0.39, 0.29) is 0 Å². The predicted molar refractivity (Wildman–Crippen MR) is 95.7 cm³/mol. The highest BCUT2D eigenvalue weighted by molar-refractivity contribution is 7.99. The zero-order chi connectivity index (χ0) is 17.8. The van der Waals surface area contributed by atoms with Gasteiger partial charge in [-0.2, -0.15) is 0 Å². The average molecular weight is 365 g/mol. The van der Waals surface area contributed by atoms with E-state index < -0.39 is 0 Å². The van der Waals surface area contributed by atoms with Gasteiger partial charge < -0.3 is 23.5 Å². The van der Waals surface area contributed by atoms with Crippen molar-refractivity contribution in [3.05, 3.63) is 12.1 Å². The number of hydrogen-bond donors (Lipinski definition) is 0. The Morgan fingerprint density at radius 1 is 1.16 bits per heavy atom. The predicted octanol–water partition coefficient (Wildman–Crippen LogP) is 2.81. The smallest absolute Gasteiger partial charge is 0.276 e. The zero-order valence-corrected chi connectivity index (χ0v) is 15.8. The first-order valence-corrected chi connectivity index (χ1v) is 9.08. The van der Waals surface area contributed by atoms with Crippen LogP contribution in [0.1, 0.15) is 6.42 Å². The van der Waals surface area contributed by atoms with E-state index in [0.717, 1.165) is 24.4 Å². The molecule has 136 valence electrons. The molecule has 0 radical (unpaired) electrons. The van der Waals surface area contributed by atoms with Crippen LogP contribution in [0.5, 0.6) is 17.2 Å². The molecule has 7 nitrogen and oxygen atoms in total. The fraction of sp³-hybridized carbons (Fsp3) is 0.529. The lowest BCUT2D eigenvalue weighted by Crippen LogP contribution is -2.14. The minimum atomic E-state index is 0.435. The maximum atomic E-state index is 5.80. The third-order valence-electron chi connectivity index (χ3n) is 4.25. The van der Waals surface area contributed by atoms with Crippen LogP contribution in [0.15, 0.2) is 21.8 Å². The number of rotatable bonds is 7. The van der Waals surface area contributed by atoms with Gasteiger partial charge in [-0.05, 0) is 38.1 Å². The minimum Gasteiger partial charge on any atom is -0.493 e. The maximum Gasteiger partial charge on any atom is 0.276 e. The first kappa shape index (κ1) is 17.9. The fourth-order valence-corrected chi connectivity index (χ4v) is 3.83. The van der Waals surface area contributed by atoms with Crippen LogP contribution >= 0.6 is 11.8 Å². The first-order chi connectivity index (χ1) is 12.1. The van der Waals surface area contributed by atoms with Crippen molar-refractivity contribution in [2.45, 2.75) is 11.6 Å². The Morgan fingerprint density at radius 2 is 1.88 bits per heavy atom. The topological polar surface area (TPSA) is 69.9 Å². The van der Waals surface area contributed by atoms with Gasteiger partial charge in [-0.25, -0.2) is 0 Å². The standard InChI is InChI=1S/C17H23N3O4S/c1-20-6-5-11(9-20)10-25-17-19-18-16(24-17)12-7-13(21-2)15(23-4)14(8-12)22-3/h7-8,11H,5-6,9-10H2,1-4H3. The van der Waals surface area contributed by atoms with Crippen molar-refractivity contribution in [2.75, 3.05) is 47.2 Å². The van der Waals surface area contributed by atoms with Crippen molar-refractivity contribution < 1.29 is 18.6 Å². The summed E-state index contributed by atoms with van der Waals surface area (Å²) < 4.78 is 21.9. The summed E-state index contributed by atoms with van der Waals surface area (Å²) >= 11 is 1.61. The molecule has 0 N–H and O–H groups in total. The Labute approximate surface area is 151 Å². The highest BCUT2D eigenvalue weighted by Gasteiger charge is 2.21. The van der Waals surface area contributed by atoms with Crippen LogP contribution in [0.25, 0.3) is 11.5 Å². The number of methoxy groups -OCH3 is 3. The molecule has 1 aliphatic heterocycles. The van der Waals surface area contributed by atoms with E-state index in [1.165, 1.54) is 6.42 Å². The second-order valence-electron chi connectivity index (χ2n) is 6.02. The van der Waals surface area contributed by atoms with Crippen molar-refractivity contribution in [2.24, 2.45) is 5.92 Å². The number of benzene rings is 1. The lowest BCUT2D eigenvalue weighted by molar-refractivity contribution is 0.324. The Morgan fingerprint density at radius 3 is 2.44 bits per heavy atom. The number of hydrogen-bond acceptors (Lipinski definition) is 8.